The monoisotopic (exact) mass is 431 g/mol. The predicted molar refractivity (Wildman–Crippen MR) is 120 cm³/mol. The summed E-state index contributed by atoms with van der Waals surface area (Å²) in [6.07, 6.45) is 10.7. The number of piperidine rings is 1. The van der Waals surface area contributed by atoms with Gasteiger partial charge >= 0.3 is 0 Å². The van der Waals surface area contributed by atoms with E-state index in [1.54, 1.807) is 14.2 Å². The first-order valence-electron chi connectivity index (χ1n) is 12.1. The van der Waals surface area contributed by atoms with Crippen LogP contribution >= 0.6 is 0 Å². The molecule has 2 aliphatic carbocycles. The molecular formula is C25H39N2O4+. The lowest BCUT2D eigenvalue weighted by Gasteiger charge is -2.50. The van der Waals surface area contributed by atoms with Gasteiger partial charge < -0.3 is 24.8 Å². The highest BCUT2D eigenvalue weighted by Crippen LogP contribution is 2.46. The van der Waals surface area contributed by atoms with Gasteiger partial charge in [-0.05, 0) is 43.9 Å². The summed E-state index contributed by atoms with van der Waals surface area (Å²) >= 11 is 0. The molecular weight excluding hydrogens is 392 g/mol. The fraction of sp³-hybridized carbons (Fsp3) is 0.720. The fourth-order valence-electron chi connectivity index (χ4n) is 6.30. The summed E-state index contributed by atoms with van der Waals surface area (Å²) in [6.45, 7) is 1.23. The predicted octanol–water partition coefficient (Wildman–Crippen LogP) is 2.40. The molecule has 0 aromatic heterocycles. The van der Waals surface area contributed by atoms with Gasteiger partial charge in [-0.25, -0.2) is 0 Å². The molecule has 0 radical (unpaired) electrons. The van der Waals surface area contributed by atoms with E-state index < -0.39 is 5.60 Å². The Bertz CT molecular complexity index is 764. The minimum Gasteiger partial charge on any atom is -0.497 e. The average molecular weight is 432 g/mol. The van der Waals surface area contributed by atoms with Crippen molar-refractivity contribution in [3.63, 3.8) is 0 Å². The molecule has 1 heterocycles. The van der Waals surface area contributed by atoms with Crippen molar-refractivity contribution in [3.05, 3.63) is 23.8 Å². The van der Waals surface area contributed by atoms with E-state index >= 15 is 0 Å². The van der Waals surface area contributed by atoms with E-state index in [9.17, 15) is 9.90 Å². The molecule has 0 bridgehead atoms. The molecule has 1 aromatic rings. The zero-order chi connectivity index (χ0) is 21.8. The highest BCUT2D eigenvalue weighted by atomic mass is 16.5. The number of quaternary nitrogens is 1. The number of carbonyl (C=O) groups excluding carboxylic acids is 1. The van der Waals surface area contributed by atoms with Gasteiger partial charge in [0.25, 0.3) is 5.91 Å². The number of fused-ring (bicyclic) bond motifs is 1. The second-order valence-electron chi connectivity index (χ2n) is 9.78. The van der Waals surface area contributed by atoms with Gasteiger partial charge in [0.15, 0.2) is 6.54 Å². The highest BCUT2D eigenvalue weighted by molar-refractivity contribution is 5.77. The summed E-state index contributed by atoms with van der Waals surface area (Å²) in [5.41, 5.74) is 0.396. The second kappa shape index (κ2) is 9.78. The zero-order valence-corrected chi connectivity index (χ0v) is 19.1. The van der Waals surface area contributed by atoms with Gasteiger partial charge in [-0.3, -0.25) is 4.79 Å². The summed E-state index contributed by atoms with van der Waals surface area (Å²) in [6, 6.07) is 6.24. The molecule has 1 aliphatic heterocycles. The van der Waals surface area contributed by atoms with Crippen LogP contribution in [0.5, 0.6) is 11.5 Å². The molecule has 3 aliphatic rings. The molecule has 172 valence electrons. The van der Waals surface area contributed by atoms with E-state index in [1.807, 2.05) is 18.2 Å². The molecule has 31 heavy (non-hydrogen) atoms. The largest absolute Gasteiger partial charge is 0.497 e. The number of hydrogen-bond acceptors (Lipinski definition) is 4. The summed E-state index contributed by atoms with van der Waals surface area (Å²) in [7, 11) is 3.36. The third-order valence-electron chi connectivity index (χ3n) is 7.92. The van der Waals surface area contributed by atoms with Gasteiger partial charge in [0.1, 0.15) is 17.5 Å². The summed E-state index contributed by atoms with van der Waals surface area (Å²) in [4.78, 5) is 14.3. The van der Waals surface area contributed by atoms with Crippen molar-refractivity contribution in [2.75, 3.05) is 27.3 Å². The first-order valence-corrected chi connectivity index (χ1v) is 12.1. The number of hydrogen-bond donors (Lipinski definition) is 3. The maximum Gasteiger partial charge on any atom is 0.275 e. The Kier molecular flexibility index (Phi) is 7.07. The van der Waals surface area contributed by atoms with Gasteiger partial charge in [0.2, 0.25) is 0 Å². The van der Waals surface area contributed by atoms with Crippen LogP contribution in [0.3, 0.4) is 0 Å². The van der Waals surface area contributed by atoms with Crippen LogP contribution in [-0.2, 0) is 4.79 Å². The van der Waals surface area contributed by atoms with Gasteiger partial charge in [-0.1, -0.05) is 32.1 Å². The molecule has 1 amide bonds. The van der Waals surface area contributed by atoms with Gasteiger partial charge in [-0.2, -0.15) is 0 Å². The SMILES string of the molecule is COc1ccc(OC)c([C@H]2[C@@H]3CCCC[C@]3(O)CC[NH+]2CC(=O)NC2CCCCC2)c1. The van der Waals surface area contributed by atoms with E-state index in [1.165, 1.54) is 24.2 Å². The Morgan fingerprint density at radius 3 is 2.61 bits per heavy atom. The number of aliphatic hydroxyl groups is 1. The standard InChI is InChI=1S/C25H38N2O4/c1-30-19-11-12-22(31-2)20(16-19)24-21-10-6-7-13-25(21,29)14-15-27(24)17-23(28)26-18-8-4-3-5-9-18/h11-12,16,18,21,24,29H,3-10,13-15,17H2,1-2H3,(H,26,28)/p+1/t21-,24-,25-/m0/s1. The molecule has 4 rings (SSSR count). The van der Waals surface area contributed by atoms with E-state index in [4.69, 9.17) is 9.47 Å². The highest BCUT2D eigenvalue weighted by Gasteiger charge is 2.52. The number of rotatable bonds is 6. The maximum absolute atomic E-state index is 13.0. The minimum absolute atomic E-state index is 0.0150. The van der Waals surface area contributed by atoms with E-state index in [2.05, 4.69) is 5.32 Å². The number of amides is 1. The lowest BCUT2D eigenvalue weighted by atomic mass is 9.66. The topological polar surface area (TPSA) is 72.2 Å². The zero-order valence-electron chi connectivity index (χ0n) is 19.1. The molecule has 3 N–H and O–H groups in total. The first-order chi connectivity index (χ1) is 15.0. The maximum atomic E-state index is 13.0. The Balaban J connectivity index is 1.61. The van der Waals surface area contributed by atoms with Crippen molar-refractivity contribution in [2.24, 2.45) is 5.92 Å². The van der Waals surface area contributed by atoms with Crippen LogP contribution in [0, 0.1) is 5.92 Å². The quantitative estimate of drug-likeness (QED) is 0.647. The minimum atomic E-state index is -0.652. The van der Waals surface area contributed by atoms with Gasteiger partial charge in [0.05, 0.1) is 31.9 Å². The Labute approximate surface area is 186 Å². The van der Waals surface area contributed by atoms with E-state index in [-0.39, 0.29) is 17.9 Å². The molecule has 1 aromatic carbocycles. The van der Waals surface area contributed by atoms with Crippen LogP contribution in [-0.4, -0.2) is 50.0 Å². The molecule has 2 saturated carbocycles. The van der Waals surface area contributed by atoms with Crippen molar-refractivity contribution >= 4 is 5.91 Å². The molecule has 1 saturated heterocycles. The van der Waals surface area contributed by atoms with Crippen LogP contribution in [0.1, 0.15) is 75.8 Å². The van der Waals surface area contributed by atoms with Crippen LogP contribution in [0.2, 0.25) is 0 Å². The number of nitrogens with one attached hydrogen (secondary N) is 2. The van der Waals surface area contributed by atoms with Crippen LogP contribution in [0.15, 0.2) is 18.2 Å². The molecule has 0 spiro atoms. The Hall–Kier alpha value is -1.79. The van der Waals surface area contributed by atoms with Crippen LogP contribution in [0.4, 0.5) is 0 Å². The van der Waals surface area contributed by atoms with E-state index in [0.29, 0.717) is 12.6 Å². The first kappa shape index (κ1) is 22.4. The van der Waals surface area contributed by atoms with E-state index in [0.717, 1.165) is 68.6 Å². The second-order valence-corrected chi connectivity index (χ2v) is 9.78. The molecule has 3 fully saturated rings. The molecule has 6 heteroatoms. The van der Waals surface area contributed by atoms with Gasteiger partial charge in [-0.15, -0.1) is 0 Å². The van der Waals surface area contributed by atoms with Crippen LogP contribution < -0.4 is 19.7 Å². The Morgan fingerprint density at radius 1 is 1.10 bits per heavy atom. The number of benzene rings is 1. The lowest BCUT2D eigenvalue weighted by molar-refractivity contribution is -0.937. The van der Waals surface area contributed by atoms with Crippen molar-refractivity contribution in [1.82, 2.24) is 5.32 Å². The number of ether oxygens (including phenoxy) is 2. The average Bonchev–Trinajstić information content (AvgIpc) is 2.79. The Morgan fingerprint density at radius 2 is 1.87 bits per heavy atom. The third kappa shape index (κ3) is 4.85. The van der Waals surface area contributed by atoms with Crippen molar-refractivity contribution in [2.45, 2.75) is 81.9 Å². The fourth-order valence-corrected chi connectivity index (χ4v) is 6.30. The number of carbonyl (C=O) groups is 1. The molecule has 4 atom stereocenters. The van der Waals surface area contributed by atoms with Crippen molar-refractivity contribution in [1.29, 1.82) is 0 Å². The molecule has 6 nitrogen and oxygen atoms in total. The van der Waals surface area contributed by atoms with Crippen molar-refractivity contribution in [3.8, 4) is 11.5 Å². The van der Waals surface area contributed by atoms with Gasteiger partial charge in [0, 0.05) is 18.4 Å². The molecule has 1 unspecified atom stereocenters. The van der Waals surface area contributed by atoms with Crippen LogP contribution in [0.25, 0.3) is 0 Å². The third-order valence-corrected chi connectivity index (χ3v) is 7.92. The lowest BCUT2D eigenvalue weighted by Crippen LogP contribution is -3.16. The number of likely N-dealkylation sites (tertiary alicyclic amines) is 1. The summed E-state index contributed by atoms with van der Waals surface area (Å²) in [5, 5.41) is 14.8. The number of methoxy groups -OCH3 is 2. The smallest absolute Gasteiger partial charge is 0.275 e. The summed E-state index contributed by atoms with van der Waals surface area (Å²) in [5.74, 6) is 1.85. The normalized spacial score (nSPS) is 31.5. The van der Waals surface area contributed by atoms with Crippen molar-refractivity contribution < 1.29 is 24.3 Å². The summed E-state index contributed by atoms with van der Waals surface area (Å²) < 4.78 is 11.3.